The van der Waals surface area contributed by atoms with E-state index >= 15 is 0 Å². The minimum Gasteiger partial charge on any atom is -0.454 e. The number of likely N-dealkylation sites (tertiary alicyclic amines) is 1. The predicted molar refractivity (Wildman–Crippen MR) is 139 cm³/mol. The van der Waals surface area contributed by atoms with Crippen molar-refractivity contribution < 1.29 is 19.1 Å². The van der Waals surface area contributed by atoms with Gasteiger partial charge in [-0.25, -0.2) is 9.97 Å². The van der Waals surface area contributed by atoms with Crippen LogP contribution in [0.4, 0.5) is 0 Å². The van der Waals surface area contributed by atoms with Gasteiger partial charge in [-0.15, -0.1) is 0 Å². The summed E-state index contributed by atoms with van der Waals surface area (Å²) in [6, 6.07) is 3.29. The van der Waals surface area contributed by atoms with Crippen molar-refractivity contribution in [3.8, 4) is 11.5 Å². The number of rotatable bonds is 7. The molecule has 0 radical (unpaired) electrons. The third kappa shape index (κ3) is 5.61. The molecule has 0 spiro atoms. The SMILES string of the molecule is CC(=O)N[C@@H](C)C(=O)N1CCC(CCn2cnc(=N)c3[nH]c(Sc4cc5c(cc4Br)OCO5)nc32)CC1. The number of hydrogen-bond donors (Lipinski definition) is 3. The number of halogens is 1. The van der Waals surface area contributed by atoms with Gasteiger partial charge in [0.25, 0.3) is 0 Å². The first-order valence-electron chi connectivity index (χ1n) is 12.1. The van der Waals surface area contributed by atoms with Crippen molar-refractivity contribution in [3.05, 3.63) is 28.4 Å². The maximum absolute atomic E-state index is 12.6. The maximum atomic E-state index is 12.6. The third-order valence-electron chi connectivity index (χ3n) is 6.63. The Morgan fingerprint density at radius 1 is 1.30 bits per heavy atom. The quantitative estimate of drug-likeness (QED) is 0.385. The van der Waals surface area contributed by atoms with Crippen LogP contribution >= 0.6 is 27.7 Å². The molecule has 2 aliphatic heterocycles. The number of hydrogen-bond acceptors (Lipinski definition) is 8. The Hall–Kier alpha value is -3.06. The fraction of sp³-hybridized carbons (Fsp3) is 0.458. The summed E-state index contributed by atoms with van der Waals surface area (Å²) in [7, 11) is 0. The Morgan fingerprint density at radius 2 is 2.03 bits per heavy atom. The molecule has 1 aromatic carbocycles. The van der Waals surface area contributed by atoms with Gasteiger partial charge < -0.3 is 29.2 Å². The molecule has 4 heterocycles. The predicted octanol–water partition coefficient (Wildman–Crippen LogP) is 3.03. The molecule has 0 bridgehead atoms. The molecule has 3 aromatic rings. The van der Waals surface area contributed by atoms with Crippen LogP contribution in [-0.4, -0.2) is 62.2 Å². The Bertz CT molecular complexity index is 1400. The van der Waals surface area contributed by atoms with Crippen molar-refractivity contribution in [1.29, 1.82) is 5.41 Å². The molecule has 1 atom stereocenters. The van der Waals surface area contributed by atoms with Crippen LogP contribution in [0.5, 0.6) is 11.5 Å². The van der Waals surface area contributed by atoms with Crippen molar-refractivity contribution in [2.75, 3.05) is 19.9 Å². The van der Waals surface area contributed by atoms with Crippen LogP contribution in [0, 0.1) is 11.3 Å². The lowest BCUT2D eigenvalue weighted by Gasteiger charge is -2.33. The van der Waals surface area contributed by atoms with Crippen LogP contribution in [0.25, 0.3) is 11.2 Å². The van der Waals surface area contributed by atoms with Crippen LogP contribution < -0.4 is 20.3 Å². The monoisotopic (exact) mass is 589 g/mol. The average Bonchev–Trinajstić information content (AvgIpc) is 3.50. The number of carbonyl (C=O) groups is 2. The number of imidazole rings is 1. The van der Waals surface area contributed by atoms with Gasteiger partial charge in [0.2, 0.25) is 18.6 Å². The number of carbonyl (C=O) groups excluding carboxylic acids is 2. The highest BCUT2D eigenvalue weighted by molar-refractivity contribution is 9.10. The lowest BCUT2D eigenvalue weighted by atomic mass is 9.93. The van der Waals surface area contributed by atoms with Crippen LogP contribution in [0.15, 0.2) is 33.0 Å². The van der Waals surface area contributed by atoms with E-state index in [0.29, 0.717) is 53.4 Å². The van der Waals surface area contributed by atoms with E-state index in [4.69, 9.17) is 19.9 Å². The number of nitrogens with zero attached hydrogens (tertiary/aromatic N) is 4. The smallest absolute Gasteiger partial charge is 0.244 e. The van der Waals surface area contributed by atoms with Crippen LogP contribution in [0.1, 0.15) is 33.1 Å². The van der Waals surface area contributed by atoms with Crippen LogP contribution in [0.2, 0.25) is 0 Å². The summed E-state index contributed by atoms with van der Waals surface area (Å²) >= 11 is 5.03. The summed E-state index contributed by atoms with van der Waals surface area (Å²) in [6.07, 6.45) is 4.41. The van der Waals surface area contributed by atoms with Gasteiger partial charge in [-0.3, -0.25) is 15.0 Å². The van der Waals surface area contributed by atoms with E-state index in [1.165, 1.54) is 18.7 Å². The van der Waals surface area contributed by atoms with Crippen molar-refractivity contribution in [1.82, 2.24) is 29.7 Å². The summed E-state index contributed by atoms with van der Waals surface area (Å²) < 4.78 is 13.8. The van der Waals surface area contributed by atoms with Crippen LogP contribution in [-0.2, 0) is 16.1 Å². The van der Waals surface area contributed by atoms with E-state index in [9.17, 15) is 9.59 Å². The molecule has 1 saturated heterocycles. The summed E-state index contributed by atoms with van der Waals surface area (Å²) in [5.41, 5.74) is 1.43. The first-order chi connectivity index (χ1) is 17.8. The number of amides is 2. The number of benzene rings is 1. The van der Waals surface area contributed by atoms with E-state index in [0.717, 1.165) is 28.6 Å². The number of H-pyrrole nitrogens is 1. The normalized spacial score (nSPS) is 16.2. The summed E-state index contributed by atoms with van der Waals surface area (Å²) in [5, 5.41) is 11.6. The van der Waals surface area contributed by atoms with E-state index < -0.39 is 6.04 Å². The summed E-state index contributed by atoms with van der Waals surface area (Å²) in [4.78, 5) is 38.8. The Kier molecular flexibility index (Phi) is 7.43. The lowest BCUT2D eigenvalue weighted by molar-refractivity contribution is -0.136. The zero-order valence-corrected chi connectivity index (χ0v) is 22.9. The highest BCUT2D eigenvalue weighted by Crippen LogP contribution is 2.42. The number of aryl methyl sites for hydroxylation is 1. The summed E-state index contributed by atoms with van der Waals surface area (Å²) in [6.45, 7) is 5.44. The van der Waals surface area contributed by atoms with Gasteiger partial charge in [-0.2, -0.15) is 0 Å². The molecule has 3 N–H and O–H groups in total. The highest BCUT2D eigenvalue weighted by atomic mass is 79.9. The van der Waals surface area contributed by atoms with Gasteiger partial charge in [0.15, 0.2) is 27.8 Å². The minimum absolute atomic E-state index is 0.0318. The van der Waals surface area contributed by atoms with E-state index in [1.54, 1.807) is 13.3 Å². The second-order valence-electron chi connectivity index (χ2n) is 9.24. The zero-order valence-electron chi connectivity index (χ0n) is 20.5. The molecule has 1 fully saturated rings. The lowest BCUT2D eigenvalue weighted by Crippen LogP contribution is -2.49. The average molecular weight is 591 g/mol. The fourth-order valence-electron chi connectivity index (χ4n) is 4.66. The molecular formula is C24H28BrN7O4S. The number of fused-ring (bicyclic) bond motifs is 2. The molecule has 2 aliphatic rings. The number of nitrogens with one attached hydrogen (secondary N) is 3. The van der Waals surface area contributed by atoms with E-state index in [2.05, 4.69) is 31.2 Å². The van der Waals surface area contributed by atoms with Crippen molar-refractivity contribution >= 4 is 50.7 Å². The second kappa shape index (κ2) is 10.7. The van der Waals surface area contributed by atoms with Crippen molar-refractivity contribution in [2.45, 2.75) is 55.7 Å². The zero-order chi connectivity index (χ0) is 26.1. The van der Waals surface area contributed by atoms with Gasteiger partial charge in [0, 0.05) is 35.9 Å². The third-order valence-corrected chi connectivity index (χ3v) is 8.49. The minimum atomic E-state index is -0.502. The molecule has 0 saturated carbocycles. The van der Waals surface area contributed by atoms with Gasteiger partial charge in [0.05, 0.1) is 6.33 Å². The Labute approximate surface area is 226 Å². The van der Waals surface area contributed by atoms with Gasteiger partial charge in [0.1, 0.15) is 11.6 Å². The molecular weight excluding hydrogens is 562 g/mol. The largest absolute Gasteiger partial charge is 0.454 e. The second-order valence-corrected chi connectivity index (χ2v) is 11.1. The molecule has 2 aromatic heterocycles. The van der Waals surface area contributed by atoms with Crippen LogP contribution in [0.3, 0.4) is 0 Å². The van der Waals surface area contributed by atoms with Gasteiger partial charge in [-0.05, 0) is 60.2 Å². The van der Waals surface area contributed by atoms with Crippen molar-refractivity contribution in [2.24, 2.45) is 5.92 Å². The first kappa shape index (κ1) is 25.6. The molecule has 0 aliphatic carbocycles. The number of aromatic amines is 1. The van der Waals surface area contributed by atoms with Gasteiger partial charge in [-0.1, -0.05) is 11.8 Å². The topological polar surface area (TPSA) is 138 Å². The maximum Gasteiger partial charge on any atom is 0.244 e. The molecule has 0 unspecified atom stereocenters. The molecule has 2 amide bonds. The molecule has 11 nitrogen and oxygen atoms in total. The molecule has 13 heteroatoms. The number of ether oxygens (including phenoxy) is 2. The summed E-state index contributed by atoms with van der Waals surface area (Å²) in [5.74, 6) is 1.63. The Balaban J connectivity index is 1.23. The highest BCUT2D eigenvalue weighted by Gasteiger charge is 2.26. The standard InChI is InChI=1S/C24H28BrN7O4S/c1-13(28-14(2)33)23(34)31-6-3-15(4-7-31)5-8-32-11-27-21(26)20-22(32)30-24(29-20)37-19-10-18-17(9-16(19)25)35-12-36-18/h9-11,13,15,26H,3-8,12H2,1-2H3,(H,28,33)(H,29,30)/t13-/m0/s1. The Morgan fingerprint density at radius 3 is 2.76 bits per heavy atom. The molecule has 37 heavy (non-hydrogen) atoms. The first-order valence-corrected chi connectivity index (χ1v) is 13.7. The van der Waals surface area contributed by atoms with Gasteiger partial charge >= 0.3 is 0 Å². The van der Waals surface area contributed by atoms with Crippen molar-refractivity contribution in [3.63, 3.8) is 0 Å². The molecule has 196 valence electrons. The number of aromatic nitrogens is 4. The fourth-order valence-corrected chi connectivity index (χ4v) is 6.04. The number of piperidine rings is 1. The molecule has 5 rings (SSSR count). The van der Waals surface area contributed by atoms with E-state index in [-0.39, 0.29) is 24.1 Å². The van der Waals surface area contributed by atoms with E-state index in [1.807, 2.05) is 21.6 Å².